The average molecular weight is 442 g/mol. The molecule has 0 bridgehead atoms. The van der Waals surface area contributed by atoms with Gasteiger partial charge in [0.05, 0.1) is 5.56 Å². The van der Waals surface area contributed by atoms with Crippen molar-refractivity contribution >= 4 is 23.4 Å². The number of pyridine rings is 1. The van der Waals surface area contributed by atoms with Crippen LogP contribution in [0.1, 0.15) is 52.3 Å². The van der Waals surface area contributed by atoms with Crippen LogP contribution in [0.5, 0.6) is 0 Å². The van der Waals surface area contributed by atoms with E-state index in [1.807, 2.05) is 44.2 Å². The third-order valence-corrected chi connectivity index (χ3v) is 7.18. The maximum Gasteiger partial charge on any atom is 0.225 e. The molecule has 1 N–H and O–H groups in total. The first kappa shape index (κ1) is 22.1. The normalized spacial score (nSPS) is 15.0. The third kappa shape index (κ3) is 5.03. The topological polar surface area (TPSA) is 65.8 Å². The van der Waals surface area contributed by atoms with Crippen molar-refractivity contribution in [2.75, 3.05) is 11.1 Å². The van der Waals surface area contributed by atoms with Gasteiger partial charge in [0.15, 0.2) is 0 Å². The number of nitriles is 1. The van der Waals surface area contributed by atoms with E-state index in [4.69, 9.17) is 4.98 Å². The van der Waals surface area contributed by atoms with Gasteiger partial charge in [-0.1, -0.05) is 42.5 Å². The minimum Gasteiger partial charge on any atom is -0.326 e. The van der Waals surface area contributed by atoms with Crippen LogP contribution < -0.4 is 5.32 Å². The first-order valence-corrected chi connectivity index (χ1v) is 12.0. The molecule has 0 radical (unpaired) electrons. The predicted octanol–water partition coefficient (Wildman–Crippen LogP) is 5.96. The number of nitrogens with zero attached hydrogens (tertiary/aromatic N) is 2. The molecule has 1 amide bonds. The van der Waals surface area contributed by atoms with E-state index >= 15 is 0 Å². The second-order valence-corrected chi connectivity index (χ2v) is 9.39. The van der Waals surface area contributed by atoms with Crippen LogP contribution in [-0.4, -0.2) is 16.6 Å². The second kappa shape index (κ2) is 10.0. The van der Waals surface area contributed by atoms with Gasteiger partial charge in [0.25, 0.3) is 0 Å². The highest BCUT2D eigenvalue weighted by Crippen LogP contribution is 2.34. The van der Waals surface area contributed by atoms with Gasteiger partial charge < -0.3 is 5.32 Å². The molecule has 4 nitrogen and oxygen atoms in total. The molecule has 5 heteroatoms. The number of hydrogen-bond acceptors (Lipinski definition) is 4. The lowest BCUT2D eigenvalue weighted by molar-refractivity contribution is -0.115. The second-order valence-electron chi connectivity index (χ2n) is 8.30. The number of carbonyl (C=O) groups is 1. The molecule has 1 atom stereocenters. The zero-order valence-corrected chi connectivity index (χ0v) is 19.3. The Balaban J connectivity index is 1.39. The van der Waals surface area contributed by atoms with Gasteiger partial charge in [0.1, 0.15) is 11.1 Å². The number of benzene rings is 2. The number of hydrogen-bond donors (Lipinski definition) is 1. The first-order chi connectivity index (χ1) is 15.5. The molecular weight excluding hydrogens is 414 g/mol. The summed E-state index contributed by atoms with van der Waals surface area (Å²) in [7, 11) is 0. The number of nitrogens with one attached hydrogen (secondary N) is 1. The van der Waals surface area contributed by atoms with Gasteiger partial charge >= 0.3 is 0 Å². The molecule has 1 aliphatic rings. The van der Waals surface area contributed by atoms with Gasteiger partial charge in [-0.15, -0.1) is 11.8 Å². The molecule has 0 aliphatic heterocycles. The SMILES string of the molecule is Cc1cccc(NC(=O)CCSc2nc3c(cc2C#N)CC(c2ccccc2)CC3)c1C. The van der Waals surface area contributed by atoms with Crippen LogP contribution in [-0.2, 0) is 17.6 Å². The molecule has 0 saturated carbocycles. The van der Waals surface area contributed by atoms with Crippen molar-refractivity contribution in [1.82, 2.24) is 4.98 Å². The van der Waals surface area contributed by atoms with E-state index < -0.39 is 0 Å². The number of anilines is 1. The van der Waals surface area contributed by atoms with Crippen LogP contribution in [0, 0.1) is 25.2 Å². The smallest absolute Gasteiger partial charge is 0.225 e. The molecule has 4 rings (SSSR count). The van der Waals surface area contributed by atoms with Gasteiger partial charge in [-0.2, -0.15) is 5.26 Å². The summed E-state index contributed by atoms with van der Waals surface area (Å²) in [6.45, 7) is 4.05. The Morgan fingerprint density at radius 3 is 2.78 bits per heavy atom. The highest BCUT2D eigenvalue weighted by atomic mass is 32.2. The van der Waals surface area contributed by atoms with Gasteiger partial charge in [-0.3, -0.25) is 4.79 Å². The molecule has 1 aromatic heterocycles. The summed E-state index contributed by atoms with van der Waals surface area (Å²) in [6.07, 6.45) is 3.28. The third-order valence-electron chi connectivity index (χ3n) is 6.19. The molecule has 3 aromatic rings. The van der Waals surface area contributed by atoms with Crippen molar-refractivity contribution in [2.45, 2.75) is 50.5 Å². The summed E-state index contributed by atoms with van der Waals surface area (Å²) in [5.74, 6) is 1.04. The van der Waals surface area contributed by atoms with Crippen molar-refractivity contribution in [2.24, 2.45) is 0 Å². The summed E-state index contributed by atoms with van der Waals surface area (Å²) >= 11 is 1.49. The fraction of sp³-hybridized carbons (Fsp3) is 0.296. The molecular formula is C27H27N3OS. The van der Waals surface area contributed by atoms with Crippen LogP contribution in [0.25, 0.3) is 0 Å². The van der Waals surface area contributed by atoms with Crippen LogP contribution in [0.15, 0.2) is 59.6 Å². The van der Waals surface area contributed by atoms with Crippen molar-refractivity contribution < 1.29 is 4.79 Å². The average Bonchev–Trinajstić information content (AvgIpc) is 2.82. The Morgan fingerprint density at radius 2 is 2.00 bits per heavy atom. The number of aryl methyl sites for hydroxylation is 2. The van der Waals surface area contributed by atoms with Gasteiger partial charge in [-0.05, 0) is 73.4 Å². The molecule has 0 fully saturated rings. The fourth-order valence-corrected chi connectivity index (χ4v) is 5.10. The number of fused-ring (bicyclic) bond motifs is 1. The van der Waals surface area contributed by atoms with Gasteiger partial charge in [-0.25, -0.2) is 4.98 Å². The molecule has 0 saturated heterocycles. The molecule has 1 aliphatic carbocycles. The monoisotopic (exact) mass is 441 g/mol. The molecule has 0 spiro atoms. The molecule has 1 heterocycles. The van der Waals surface area contributed by atoms with Crippen LogP contribution in [0.4, 0.5) is 5.69 Å². The summed E-state index contributed by atoms with van der Waals surface area (Å²) in [5.41, 5.74) is 7.34. The van der Waals surface area contributed by atoms with Crippen molar-refractivity contribution in [1.29, 1.82) is 5.26 Å². The number of amides is 1. The zero-order valence-electron chi connectivity index (χ0n) is 18.5. The zero-order chi connectivity index (χ0) is 22.5. The van der Waals surface area contributed by atoms with E-state index in [1.165, 1.54) is 22.9 Å². The molecule has 2 aromatic carbocycles. The Morgan fingerprint density at radius 1 is 1.19 bits per heavy atom. The largest absolute Gasteiger partial charge is 0.326 e. The standard InChI is InChI=1S/C27H27N3OS/c1-18-7-6-10-24(19(18)2)29-26(31)13-14-32-27-23(17-28)16-22-15-21(11-12-25(22)30-27)20-8-4-3-5-9-20/h3-10,16,21H,11-15H2,1-2H3,(H,29,31). The van der Waals surface area contributed by atoms with E-state index in [2.05, 4.69) is 35.7 Å². The van der Waals surface area contributed by atoms with Crippen molar-refractivity contribution in [3.63, 3.8) is 0 Å². The highest BCUT2D eigenvalue weighted by molar-refractivity contribution is 7.99. The predicted molar refractivity (Wildman–Crippen MR) is 130 cm³/mol. The Labute approximate surface area is 194 Å². The van der Waals surface area contributed by atoms with E-state index in [-0.39, 0.29) is 5.91 Å². The van der Waals surface area contributed by atoms with E-state index in [9.17, 15) is 10.1 Å². The molecule has 32 heavy (non-hydrogen) atoms. The lowest BCUT2D eigenvalue weighted by Crippen LogP contribution is -2.15. The lowest BCUT2D eigenvalue weighted by Gasteiger charge is -2.25. The Hall–Kier alpha value is -3.10. The Kier molecular flexibility index (Phi) is 6.92. The fourth-order valence-electron chi connectivity index (χ4n) is 4.19. The quantitative estimate of drug-likeness (QED) is 0.479. The number of aromatic nitrogens is 1. The number of carbonyl (C=O) groups excluding carboxylic acids is 1. The van der Waals surface area contributed by atoms with Gasteiger partial charge in [0, 0.05) is 23.6 Å². The van der Waals surface area contributed by atoms with Crippen molar-refractivity contribution in [3.05, 3.63) is 88.1 Å². The summed E-state index contributed by atoms with van der Waals surface area (Å²) < 4.78 is 0. The summed E-state index contributed by atoms with van der Waals surface area (Å²) in [6, 6.07) is 20.8. The minimum absolute atomic E-state index is 0.0200. The summed E-state index contributed by atoms with van der Waals surface area (Å²) in [5, 5.41) is 13.4. The number of rotatable bonds is 6. The lowest BCUT2D eigenvalue weighted by atomic mass is 9.82. The van der Waals surface area contributed by atoms with E-state index in [0.717, 1.165) is 46.8 Å². The van der Waals surface area contributed by atoms with E-state index in [0.29, 0.717) is 23.7 Å². The maximum atomic E-state index is 12.4. The highest BCUT2D eigenvalue weighted by Gasteiger charge is 2.23. The van der Waals surface area contributed by atoms with Crippen LogP contribution in [0.2, 0.25) is 0 Å². The van der Waals surface area contributed by atoms with Crippen molar-refractivity contribution in [3.8, 4) is 6.07 Å². The maximum absolute atomic E-state index is 12.4. The summed E-state index contributed by atoms with van der Waals surface area (Å²) in [4.78, 5) is 17.2. The van der Waals surface area contributed by atoms with E-state index in [1.54, 1.807) is 0 Å². The molecule has 162 valence electrons. The Bertz CT molecular complexity index is 1170. The van der Waals surface area contributed by atoms with Gasteiger partial charge in [0.2, 0.25) is 5.91 Å². The molecule has 1 unspecified atom stereocenters. The number of thioether (sulfide) groups is 1. The van der Waals surface area contributed by atoms with Crippen LogP contribution >= 0.6 is 11.8 Å². The first-order valence-electron chi connectivity index (χ1n) is 11.0. The minimum atomic E-state index is -0.0200. The van der Waals surface area contributed by atoms with Crippen LogP contribution in [0.3, 0.4) is 0 Å².